The van der Waals surface area contributed by atoms with E-state index in [0.29, 0.717) is 35.9 Å². The van der Waals surface area contributed by atoms with Crippen molar-refractivity contribution in [2.45, 2.75) is 38.6 Å². The number of likely N-dealkylation sites (tertiary alicyclic amines) is 1. The van der Waals surface area contributed by atoms with Crippen molar-refractivity contribution < 1.29 is 14.0 Å². The van der Waals surface area contributed by atoms with Gasteiger partial charge in [-0.2, -0.15) is 5.10 Å². The van der Waals surface area contributed by atoms with Crippen molar-refractivity contribution in [2.24, 2.45) is 7.05 Å². The highest BCUT2D eigenvalue weighted by Gasteiger charge is 2.34. The van der Waals surface area contributed by atoms with E-state index in [2.05, 4.69) is 5.10 Å². The molecule has 2 aliphatic heterocycles. The zero-order chi connectivity index (χ0) is 23.1. The molecule has 0 aliphatic carbocycles. The average molecular weight is 449 g/mol. The lowest BCUT2D eigenvalue weighted by Gasteiger charge is -2.32. The Morgan fingerprint density at radius 2 is 2.12 bits per heavy atom. The maximum Gasteiger partial charge on any atom is 0.257 e. The third-order valence-corrected chi connectivity index (χ3v) is 6.35. The number of aryl methyl sites for hydroxylation is 2. The molecule has 170 valence electrons. The van der Waals surface area contributed by atoms with Gasteiger partial charge in [0.2, 0.25) is 5.91 Å². The summed E-state index contributed by atoms with van der Waals surface area (Å²) in [5.74, 6) is 0.778. The molecular weight excluding hydrogens is 423 g/mol. The number of amides is 2. The first-order valence-corrected chi connectivity index (χ1v) is 11.1. The summed E-state index contributed by atoms with van der Waals surface area (Å²) in [6.45, 7) is 3.35. The Balaban J connectivity index is 1.41. The van der Waals surface area contributed by atoms with Crippen LogP contribution in [-0.2, 0) is 24.8 Å². The summed E-state index contributed by atoms with van der Waals surface area (Å²) in [5.41, 5.74) is 2.87. The summed E-state index contributed by atoms with van der Waals surface area (Å²) in [6, 6.07) is 6.25. The van der Waals surface area contributed by atoms with E-state index in [4.69, 9.17) is 9.97 Å². The zero-order valence-corrected chi connectivity index (χ0v) is 18.7. The summed E-state index contributed by atoms with van der Waals surface area (Å²) in [7, 11) is 1.79. The van der Waals surface area contributed by atoms with Gasteiger partial charge in [0.15, 0.2) is 0 Å². The Hall–Kier alpha value is -3.62. The van der Waals surface area contributed by atoms with Gasteiger partial charge in [0, 0.05) is 43.5 Å². The number of nitrogens with zero attached hydrogens (tertiary/aromatic N) is 6. The predicted octanol–water partition coefficient (Wildman–Crippen LogP) is 2.77. The lowest BCUT2D eigenvalue weighted by Crippen LogP contribution is -2.39. The smallest absolute Gasteiger partial charge is 0.257 e. The predicted molar refractivity (Wildman–Crippen MR) is 119 cm³/mol. The molecule has 0 saturated carbocycles. The minimum Gasteiger partial charge on any atom is -0.338 e. The molecular formula is C24H25FN6O2. The van der Waals surface area contributed by atoms with E-state index in [1.165, 1.54) is 12.1 Å². The molecule has 9 heteroatoms. The fourth-order valence-corrected chi connectivity index (χ4v) is 4.65. The minimum atomic E-state index is -0.334. The maximum absolute atomic E-state index is 13.7. The molecule has 0 radical (unpaired) electrons. The first-order chi connectivity index (χ1) is 15.9. The fourth-order valence-electron chi connectivity index (χ4n) is 4.65. The molecule has 0 N–H and O–H groups in total. The number of hydrogen-bond donors (Lipinski definition) is 0. The van der Waals surface area contributed by atoms with Gasteiger partial charge in [0.1, 0.15) is 17.5 Å². The standard InChI is InChI=1S/C24H25FN6O2/c1-15-20-10-21(32)31(12-16-5-3-7-19(25)9-16)23(20)28-22(27-15)17-6-4-8-30(14-17)24(33)18-11-26-29(2)13-18/h3,5,7,9,11,13,17H,4,6,8,10,12,14H2,1-2H3. The largest absolute Gasteiger partial charge is 0.338 e. The number of benzene rings is 1. The monoisotopic (exact) mass is 448 g/mol. The molecule has 8 nitrogen and oxygen atoms in total. The lowest BCUT2D eigenvalue weighted by atomic mass is 9.96. The molecule has 2 aromatic heterocycles. The van der Waals surface area contributed by atoms with Crippen LogP contribution < -0.4 is 4.90 Å². The van der Waals surface area contributed by atoms with Crippen LogP contribution in [0.4, 0.5) is 10.2 Å². The van der Waals surface area contributed by atoms with Gasteiger partial charge in [0.05, 0.1) is 24.7 Å². The van der Waals surface area contributed by atoms with Crippen LogP contribution in [0.25, 0.3) is 0 Å². The van der Waals surface area contributed by atoms with Gasteiger partial charge in [-0.25, -0.2) is 14.4 Å². The number of hydrogen-bond acceptors (Lipinski definition) is 5. The number of piperidine rings is 1. The first-order valence-electron chi connectivity index (χ1n) is 11.1. The van der Waals surface area contributed by atoms with Crippen molar-refractivity contribution in [3.63, 3.8) is 0 Å². The molecule has 3 aromatic rings. The summed E-state index contributed by atoms with van der Waals surface area (Å²) in [4.78, 5) is 38.7. The Morgan fingerprint density at radius 1 is 1.27 bits per heavy atom. The van der Waals surface area contributed by atoms with Crippen LogP contribution in [0, 0.1) is 12.7 Å². The summed E-state index contributed by atoms with van der Waals surface area (Å²) >= 11 is 0. The van der Waals surface area contributed by atoms with Gasteiger partial charge in [0.25, 0.3) is 5.91 Å². The molecule has 1 atom stereocenters. The number of aromatic nitrogens is 4. The van der Waals surface area contributed by atoms with Gasteiger partial charge >= 0.3 is 0 Å². The summed E-state index contributed by atoms with van der Waals surface area (Å²) in [6.07, 6.45) is 5.26. The van der Waals surface area contributed by atoms with Gasteiger partial charge in [-0.15, -0.1) is 0 Å². The van der Waals surface area contributed by atoms with Crippen LogP contribution >= 0.6 is 0 Å². The lowest BCUT2D eigenvalue weighted by molar-refractivity contribution is -0.117. The van der Waals surface area contributed by atoms with Crippen molar-refractivity contribution in [3.05, 3.63) is 70.7 Å². The van der Waals surface area contributed by atoms with Crippen LogP contribution in [0.15, 0.2) is 36.7 Å². The average Bonchev–Trinajstić information content (AvgIpc) is 3.37. The van der Waals surface area contributed by atoms with Crippen molar-refractivity contribution in [1.29, 1.82) is 0 Å². The normalized spacial score (nSPS) is 18.0. The van der Waals surface area contributed by atoms with E-state index in [0.717, 1.165) is 24.1 Å². The van der Waals surface area contributed by atoms with Gasteiger partial charge < -0.3 is 4.90 Å². The Kier molecular flexibility index (Phi) is 5.39. The van der Waals surface area contributed by atoms with Crippen LogP contribution in [0.3, 0.4) is 0 Å². The van der Waals surface area contributed by atoms with E-state index in [9.17, 15) is 14.0 Å². The van der Waals surface area contributed by atoms with Crippen LogP contribution in [-0.4, -0.2) is 49.6 Å². The molecule has 2 aliphatic rings. The fraction of sp³-hybridized carbons (Fsp3) is 0.375. The second-order valence-electron chi connectivity index (χ2n) is 8.75. The van der Waals surface area contributed by atoms with Crippen LogP contribution in [0.2, 0.25) is 0 Å². The molecule has 1 unspecified atom stereocenters. The second kappa shape index (κ2) is 8.38. The number of halogens is 1. The van der Waals surface area contributed by atoms with E-state index in [-0.39, 0.29) is 36.5 Å². The quantitative estimate of drug-likeness (QED) is 0.613. The number of fused-ring (bicyclic) bond motifs is 1. The van der Waals surface area contributed by atoms with Crippen molar-refractivity contribution >= 4 is 17.6 Å². The second-order valence-corrected chi connectivity index (χ2v) is 8.75. The summed E-state index contributed by atoms with van der Waals surface area (Å²) < 4.78 is 15.3. The topological polar surface area (TPSA) is 84.2 Å². The Labute approximate surface area is 191 Å². The molecule has 4 heterocycles. The number of carbonyl (C=O) groups excluding carboxylic acids is 2. The van der Waals surface area contributed by atoms with E-state index in [1.54, 1.807) is 41.2 Å². The van der Waals surface area contributed by atoms with Crippen LogP contribution in [0.1, 0.15) is 51.8 Å². The Bertz CT molecular complexity index is 1240. The number of anilines is 1. The minimum absolute atomic E-state index is 0.0184. The molecule has 1 fully saturated rings. The molecule has 1 saturated heterocycles. The zero-order valence-electron chi connectivity index (χ0n) is 18.7. The highest BCUT2D eigenvalue weighted by atomic mass is 19.1. The SMILES string of the molecule is Cc1nc(C2CCCN(C(=O)c3cnn(C)c3)C2)nc2c1CC(=O)N2Cc1cccc(F)c1. The summed E-state index contributed by atoms with van der Waals surface area (Å²) in [5, 5.41) is 4.10. The number of rotatable bonds is 4. The molecule has 0 spiro atoms. The molecule has 0 bridgehead atoms. The van der Waals surface area contributed by atoms with Crippen LogP contribution in [0.5, 0.6) is 0 Å². The molecule has 1 aromatic carbocycles. The molecule has 33 heavy (non-hydrogen) atoms. The van der Waals surface area contributed by atoms with Crippen molar-refractivity contribution in [1.82, 2.24) is 24.6 Å². The molecule has 2 amide bonds. The van der Waals surface area contributed by atoms with Gasteiger partial charge in [-0.05, 0) is 37.5 Å². The third kappa shape index (κ3) is 4.10. The number of carbonyl (C=O) groups is 2. The van der Waals surface area contributed by atoms with Gasteiger partial charge in [-0.3, -0.25) is 19.2 Å². The first kappa shape index (κ1) is 21.2. The van der Waals surface area contributed by atoms with Gasteiger partial charge in [-0.1, -0.05) is 12.1 Å². The van der Waals surface area contributed by atoms with E-state index in [1.807, 2.05) is 11.8 Å². The third-order valence-electron chi connectivity index (χ3n) is 6.35. The van der Waals surface area contributed by atoms with Crippen molar-refractivity contribution in [2.75, 3.05) is 18.0 Å². The highest BCUT2D eigenvalue weighted by Crippen LogP contribution is 2.34. The molecule has 5 rings (SSSR count). The van der Waals surface area contributed by atoms with Crippen molar-refractivity contribution in [3.8, 4) is 0 Å². The van der Waals surface area contributed by atoms with E-state index >= 15 is 0 Å². The maximum atomic E-state index is 13.7. The highest BCUT2D eigenvalue weighted by molar-refractivity contribution is 6.00. The van der Waals surface area contributed by atoms with E-state index < -0.39 is 0 Å². The Morgan fingerprint density at radius 3 is 2.88 bits per heavy atom.